The molecule has 4 rings (SSSR count). The van der Waals surface area contributed by atoms with Gasteiger partial charge in [-0.25, -0.2) is 14.8 Å². The zero-order chi connectivity index (χ0) is 22.5. The van der Waals surface area contributed by atoms with Crippen LogP contribution in [0.25, 0.3) is 22.4 Å². The van der Waals surface area contributed by atoms with Crippen molar-refractivity contribution in [2.24, 2.45) is 0 Å². The second kappa shape index (κ2) is 9.30. The average Bonchev–Trinajstić information content (AvgIpc) is 2.82. The van der Waals surface area contributed by atoms with Gasteiger partial charge in [-0.3, -0.25) is 4.79 Å². The third-order valence-electron chi connectivity index (χ3n) is 4.83. The van der Waals surface area contributed by atoms with E-state index in [1.54, 1.807) is 48.5 Å². The zero-order valence-corrected chi connectivity index (χ0v) is 17.6. The summed E-state index contributed by atoms with van der Waals surface area (Å²) in [5.74, 6) is 0.510. The summed E-state index contributed by atoms with van der Waals surface area (Å²) in [6.07, 6.45) is 1.59. The quantitative estimate of drug-likeness (QED) is 0.411. The molecule has 2 aromatic carbocycles. The predicted octanol–water partition coefficient (Wildman–Crippen LogP) is 3.44. The number of anilines is 1. The zero-order valence-electron chi connectivity index (χ0n) is 17.6. The fourth-order valence-electron chi connectivity index (χ4n) is 3.29. The van der Waals surface area contributed by atoms with Crippen molar-refractivity contribution in [1.82, 2.24) is 9.97 Å². The summed E-state index contributed by atoms with van der Waals surface area (Å²) < 4.78 is 16.1. The first-order chi connectivity index (χ1) is 15.6. The van der Waals surface area contributed by atoms with Gasteiger partial charge in [0, 0.05) is 13.2 Å². The Kier molecular flexibility index (Phi) is 6.12. The SMILES string of the molecule is COc1cccc2nc(-c3cccnc3N(C)CC(=O)OCc3ccccc3)oc(=O)c12. The number of carbonyl (C=O) groups excluding carboxylic acids is 1. The summed E-state index contributed by atoms with van der Waals surface area (Å²) in [6.45, 7) is 0.147. The molecule has 0 saturated carbocycles. The van der Waals surface area contributed by atoms with Crippen molar-refractivity contribution in [2.45, 2.75) is 6.61 Å². The number of ether oxygens (including phenoxy) is 2. The standard InChI is InChI=1S/C24H21N3O5/c1-27(14-20(28)31-15-16-8-4-3-5-9-16)22-17(10-7-13-25-22)23-26-18-11-6-12-19(30-2)21(18)24(29)32-23/h3-13H,14-15H2,1-2H3. The molecule has 0 saturated heterocycles. The first kappa shape index (κ1) is 21.0. The van der Waals surface area contributed by atoms with Crippen LogP contribution in [0.5, 0.6) is 5.75 Å². The van der Waals surface area contributed by atoms with Crippen LogP contribution >= 0.6 is 0 Å². The number of fused-ring (bicyclic) bond motifs is 1. The van der Waals surface area contributed by atoms with E-state index in [2.05, 4.69) is 9.97 Å². The van der Waals surface area contributed by atoms with Crippen LogP contribution in [0, 0.1) is 0 Å². The van der Waals surface area contributed by atoms with Crippen molar-refractivity contribution >= 4 is 22.7 Å². The first-order valence-corrected chi connectivity index (χ1v) is 9.90. The molecule has 0 fully saturated rings. The molecule has 0 amide bonds. The van der Waals surface area contributed by atoms with Crippen molar-refractivity contribution in [3.8, 4) is 17.2 Å². The number of nitrogens with zero attached hydrogens (tertiary/aromatic N) is 3. The van der Waals surface area contributed by atoms with E-state index in [1.165, 1.54) is 7.11 Å². The largest absolute Gasteiger partial charge is 0.496 e. The van der Waals surface area contributed by atoms with Gasteiger partial charge in [0.15, 0.2) is 0 Å². The van der Waals surface area contributed by atoms with Crippen LogP contribution in [0.15, 0.2) is 76.1 Å². The lowest BCUT2D eigenvalue weighted by atomic mass is 10.2. The lowest BCUT2D eigenvalue weighted by Crippen LogP contribution is -2.28. The molecule has 0 spiro atoms. The summed E-state index contributed by atoms with van der Waals surface area (Å²) in [5, 5.41) is 0.266. The van der Waals surface area contributed by atoms with E-state index < -0.39 is 11.6 Å². The Bertz CT molecular complexity index is 1300. The van der Waals surface area contributed by atoms with Crippen molar-refractivity contribution in [1.29, 1.82) is 0 Å². The maximum Gasteiger partial charge on any atom is 0.350 e. The lowest BCUT2D eigenvalue weighted by molar-refractivity contribution is -0.143. The van der Waals surface area contributed by atoms with E-state index in [0.717, 1.165) is 5.56 Å². The Morgan fingerprint density at radius 2 is 1.88 bits per heavy atom. The number of hydrogen-bond donors (Lipinski definition) is 0. The summed E-state index contributed by atoms with van der Waals surface area (Å²) in [6, 6.07) is 18.0. The Morgan fingerprint density at radius 3 is 2.66 bits per heavy atom. The molecule has 0 aliphatic rings. The van der Waals surface area contributed by atoms with Crippen LogP contribution in [-0.4, -0.2) is 36.6 Å². The normalized spacial score (nSPS) is 10.7. The van der Waals surface area contributed by atoms with Crippen molar-refractivity contribution in [3.05, 3.63) is 82.8 Å². The van der Waals surface area contributed by atoms with E-state index in [9.17, 15) is 9.59 Å². The number of pyridine rings is 1. The molecule has 8 nitrogen and oxygen atoms in total. The predicted molar refractivity (Wildman–Crippen MR) is 120 cm³/mol. The number of esters is 1. The van der Waals surface area contributed by atoms with E-state index in [0.29, 0.717) is 22.6 Å². The average molecular weight is 431 g/mol. The van der Waals surface area contributed by atoms with Crippen LogP contribution in [0.4, 0.5) is 5.82 Å². The monoisotopic (exact) mass is 431 g/mol. The van der Waals surface area contributed by atoms with Gasteiger partial charge in [0.25, 0.3) is 0 Å². The van der Waals surface area contributed by atoms with E-state index >= 15 is 0 Å². The Balaban J connectivity index is 1.59. The van der Waals surface area contributed by atoms with Gasteiger partial charge in [-0.2, -0.15) is 0 Å². The molecule has 0 atom stereocenters. The highest BCUT2D eigenvalue weighted by Crippen LogP contribution is 2.29. The first-order valence-electron chi connectivity index (χ1n) is 9.90. The van der Waals surface area contributed by atoms with Gasteiger partial charge in [-0.1, -0.05) is 36.4 Å². The number of benzene rings is 2. The highest BCUT2D eigenvalue weighted by Gasteiger charge is 2.19. The van der Waals surface area contributed by atoms with Crippen molar-refractivity contribution in [2.75, 3.05) is 25.6 Å². The molecule has 0 radical (unpaired) electrons. The number of carbonyl (C=O) groups is 1. The van der Waals surface area contributed by atoms with Crippen LogP contribution in [0.3, 0.4) is 0 Å². The van der Waals surface area contributed by atoms with Crippen LogP contribution in [0.2, 0.25) is 0 Å². The minimum absolute atomic E-state index is 0.0392. The molecule has 4 aromatic rings. The van der Waals surface area contributed by atoms with Gasteiger partial charge in [0.2, 0.25) is 5.89 Å². The topological polar surface area (TPSA) is 94.8 Å². The van der Waals surface area contributed by atoms with Crippen molar-refractivity contribution in [3.63, 3.8) is 0 Å². The molecule has 32 heavy (non-hydrogen) atoms. The molecule has 8 heteroatoms. The Morgan fingerprint density at radius 1 is 1.06 bits per heavy atom. The fraction of sp³-hybridized carbons (Fsp3) is 0.167. The van der Waals surface area contributed by atoms with Crippen LogP contribution in [0.1, 0.15) is 5.56 Å². The van der Waals surface area contributed by atoms with Gasteiger partial charge < -0.3 is 18.8 Å². The third kappa shape index (κ3) is 4.44. The number of methoxy groups -OCH3 is 1. The fourth-order valence-corrected chi connectivity index (χ4v) is 3.29. The van der Waals surface area contributed by atoms with E-state index in [4.69, 9.17) is 13.9 Å². The smallest absolute Gasteiger partial charge is 0.350 e. The molecule has 0 N–H and O–H groups in total. The number of likely N-dealkylation sites (N-methyl/N-ethyl adjacent to an activating group) is 1. The molecule has 2 aromatic heterocycles. The summed E-state index contributed by atoms with van der Waals surface area (Å²) in [7, 11) is 3.19. The molecule has 0 unspecified atom stereocenters. The summed E-state index contributed by atoms with van der Waals surface area (Å²) >= 11 is 0. The van der Waals surface area contributed by atoms with Gasteiger partial charge in [0.05, 0.1) is 18.2 Å². The molecular weight excluding hydrogens is 410 g/mol. The van der Waals surface area contributed by atoms with Crippen LogP contribution in [-0.2, 0) is 16.1 Å². The minimum Gasteiger partial charge on any atom is -0.496 e. The Hall–Kier alpha value is -4.20. The summed E-state index contributed by atoms with van der Waals surface area (Å²) in [4.78, 5) is 35.5. The molecule has 162 valence electrons. The highest BCUT2D eigenvalue weighted by molar-refractivity contribution is 5.86. The summed E-state index contributed by atoms with van der Waals surface area (Å²) in [5.41, 5.74) is 1.25. The Labute approximate surface area is 184 Å². The van der Waals surface area contributed by atoms with Gasteiger partial charge >= 0.3 is 11.6 Å². The maximum absolute atomic E-state index is 12.6. The van der Waals surface area contributed by atoms with Crippen LogP contribution < -0.4 is 15.3 Å². The maximum atomic E-state index is 12.6. The van der Waals surface area contributed by atoms with Gasteiger partial charge in [-0.15, -0.1) is 0 Å². The van der Waals surface area contributed by atoms with Gasteiger partial charge in [0.1, 0.15) is 30.1 Å². The third-order valence-corrected chi connectivity index (χ3v) is 4.83. The molecule has 0 aliphatic carbocycles. The highest BCUT2D eigenvalue weighted by atomic mass is 16.5. The lowest BCUT2D eigenvalue weighted by Gasteiger charge is -2.19. The van der Waals surface area contributed by atoms with Crippen molar-refractivity contribution < 1.29 is 18.7 Å². The second-order valence-electron chi connectivity index (χ2n) is 7.04. The molecule has 2 heterocycles. The number of rotatable bonds is 7. The van der Waals surface area contributed by atoms with E-state index in [1.807, 2.05) is 30.3 Å². The molecular formula is C24H21N3O5. The molecule has 0 bridgehead atoms. The second-order valence-corrected chi connectivity index (χ2v) is 7.04. The minimum atomic E-state index is -0.567. The molecule has 0 aliphatic heterocycles. The van der Waals surface area contributed by atoms with Gasteiger partial charge in [-0.05, 0) is 29.8 Å². The number of hydrogen-bond acceptors (Lipinski definition) is 8. The number of aromatic nitrogens is 2. The van der Waals surface area contributed by atoms with E-state index in [-0.39, 0.29) is 24.4 Å².